The first kappa shape index (κ1) is 15.9. The minimum Gasteiger partial charge on any atom is -0.478 e. The van der Waals surface area contributed by atoms with Crippen molar-refractivity contribution in [2.24, 2.45) is 0 Å². The second kappa shape index (κ2) is 6.31. The fraction of sp³-hybridized carbons (Fsp3) is 0.600. The Bertz CT molecular complexity index is 550. The Hall–Kier alpha value is -1.19. The highest BCUT2D eigenvalue weighted by Gasteiger charge is 2.21. The lowest BCUT2D eigenvalue weighted by molar-refractivity contribution is 0.0697. The van der Waals surface area contributed by atoms with Crippen molar-refractivity contribution in [1.82, 2.24) is 4.37 Å². The summed E-state index contributed by atoms with van der Waals surface area (Å²) in [6.45, 7) is 5.16. The van der Waals surface area contributed by atoms with Gasteiger partial charge < -0.3 is 9.84 Å². The third kappa shape index (κ3) is 4.77. The predicted molar refractivity (Wildman–Crippen MR) is 72.3 cm³/mol. The number of ether oxygens (including phenoxy) is 1. The van der Waals surface area contributed by atoms with Gasteiger partial charge in [-0.25, -0.2) is 13.2 Å². The molecule has 0 saturated carbocycles. The zero-order chi connectivity index (χ0) is 14.6. The van der Waals surface area contributed by atoms with Gasteiger partial charge in [0.25, 0.3) is 0 Å². The Morgan fingerprint density at radius 3 is 2.68 bits per heavy atom. The van der Waals surface area contributed by atoms with Crippen LogP contribution in [-0.2, 0) is 14.8 Å². The lowest BCUT2D eigenvalue weighted by Crippen LogP contribution is -2.22. The van der Waals surface area contributed by atoms with Gasteiger partial charge in [-0.2, -0.15) is 4.37 Å². The van der Waals surface area contributed by atoms with Gasteiger partial charge >= 0.3 is 5.97 Å². The van der Waals surface area contributed by atoms with Crippen molar-refractivity contribution >= 4 is 32.5 Å². The molecular formula is C10H16N2O5S2. The van der Waals surface area contributed by atoms with E-state index in [4.69, 9.17) is 9.84 Å². The summed E-state index contributed by atoms with van der Waals surface area (Å²) in [4.78, 5) is 11.0. The molecule has 108 valence electrons. The summed E-state index contributed by atoms with van der Waals surface area (Å²) < 4.78 is 34.7. The van der Waals surface area contributed by atoms with Crippen LogP contribution in [0.5, 0.6) is 0 Å². The van der Waals surface area contributed by atoms with E-state index in [0.29, 0.717) is 0 Å². The molecule has 7 nitrogen and oxygen atoms in total. The first-order chi connectivity index (χ1) is 8.73. The topological polar surface area (TPSA) is 106 Å². The number of aryl methyl sites for hydroxylation is 1. The summed E-state index contributed by atoms with van der Waals surface area (Å²) in [5, 5.41) is 9.01. The number of nitrogens with zero attached hydrogens (tertiary/aromatic N) is 1. The molecule has 0 bridgehead atoms. The Kier molecular flexibility index (Phi) is 5.27. The number of hydrogen-bond acceptors (Lipinski definition) is 6. The Balaban J connectivity index is 2.76. The number of rotatable bonds is 7. The van der Waals surface area contributed by atoms with Gasteiger partial charge in [-0.1, -0.05) is 0 Å². The number of sulfonamides is 1. The fourth-order valence-corrected chi connectivity index (χ4v) is 3.26. The van der Waals surface area contributed by atoms with E-state index in [2.05, 4.69) is 9.10 Å². The van der Waals surface area contributed by atoms with Gasteiger partial charge in [0.2, 0.25) is 10.0 Å². The molecule has 0 aromatic carbocycles. The summed E-state index contributed by atoms with van der Waals surface area (Å²) >= 11 is 0.809. The largest absolute Gasteiger partial charge is 0.478 e. The molecule has 0 saturated heterocycles. The molecule has 1 aromatic heterocycles. The lowest BCUT2D eigenvalue weighted by Gasteiger charge is -2.09. The summed E-state index contributed by atoms with van der Waals surface area (Å²) in [5.41, 5.74) is 0.173. The van der Waals surface area contributed by atoms with Crippen LogP contribution >= 0.6 is 11.5 Å². The van der Waals surface area contributed by atoms with Gasteiger partial charge in [-0.05, 0) is 32.3 Å². The van der Waals surface area contributed by atoms with Gasteiger partial charge in [0.1, 0.15) is 10.6 Å². The molecule has 0 aliphatic carbocycles. The van der Waals surface area contributed by atoms with E-state index in [1.54, 1.807) is 13.8 Å². The normalized spacial score (nSPS) is 11.8. The molecule has 0 amide bonds. The molecule has 1 aromatic rings. The molecule has 0 unspecified atom stereocenters. The van der Waals surface area contributed by atoms with Crippen LogP contribution < -0.4 is 4.72 Å². The number of anilines is 1. The van der Waals surface area contributed by atoms with Crippen LogP contribution in [-0.4, -0.2) is 42.3 Å². The Morgan fingerprint density at radius 1 is 1.53 bits per heavy atom. The van der Waals surface area contributed by atoms with Crippen molar-refractivity contribution in [1.29, 1.82) is 0 Å². The van der Waals surface area contributed by atoms with E-state index in [0.717, 1.165) is 11.5 Å². The molecule has 1 rings (SSSR count). The van der Waals surface area contributed by atoms with Crippen LogP contribution in [0.25, 0.3) is 0 Å². The molecule has 1 heterocycles. The summed E-state index contributed by atoms with van der Waals surface area (Å²) in [6.07, 6.45) is -0.0598. The van der Waals surface area contributed by atoms with E-state index >= 15 is 0 Å². The Morgan fingerprint density at radius 2 is 2.16 bits per heavy atom. The van der Waals surface area contributed by atoms with Crippen LogP contribution in [0, 0.1) is 6.92 Å². The highest BCUT2D eigenvalue weighted by molar-refractivity contribution is 7.92. The van der Waals surface area contributed by atoms with Crippen molar-refractivity contribution in [2.45, 2.75) is 26.9 Å². The van der Waals surface area contributed by atoms with Gasteiger partial charge in [-0.3, -0.25) is 4.72 Å². The van der Waals surface area contributed by atoms with Crippen molar-refractivity contribution < 1.29 is 23.1 Å². The van der Waals surface area contributed by atoms with Crippen molar-refractivity contribution in [2.75, 3.05) is 17.1 Å². The van der Waals surface area contributed by atoms with Crippen molar-refractivity contribution in [3.8, 4) is 0 Å². The number of hydrogen-bond donors (Lipinski definition) is 2. The van der Waals surface area contributed by atoms with Gasteiger partial charge in [0, 0.05) is 0 Å². The maximum absolute atomic E-state index is 11.8. The molecule has 2 N–H and O–H groups in total. The van der Waals surface area contributed by atoms with Crippen molar-refractivity contribution in [3.05, 3.63) is 11.3 Å². The van der Waals surface area contributed by atoms with Crippen LogP contribution in [0.1, 0.15) is 29.9 Å². The molecule has 0 aliphatic rings. The lowest BCUT2D eigenvalue weighted by atomic mass is 10.2. The molecule has 0 spiro atoms. The van der Waals surface area contributed by atoms with Crippen LogP contribution in [0.2, 0.25) is 0 Å². The zero-order valence-electron chi connectivity index (χ0n) is 10.8. The molecule has 9 heteroatoms. The van der Waals surface area contributed by atoms with Crippen LogP contribution in [0.15, 0.2) is 0 Å². The number of carboxylic acid groups (broad SMARTS) is 1. The fourth-order valence-electron chi connectivity index (χ4n) is 1.28. The molecule has 0 fully saturated rings. The number of carboxylic acids is 1. The minimum atomic E-state index is -3.64. The number of carbonyl (C=O) groups is 1. The maximum atomic E-state index is 11.8. The first-order valence-electron chi connectivity index (χ1n) is 5.54. The van der Waals surface area contributed by atoms with Crippen LogP contribution in [0.4, 0.5) is 5.00 Å². The van der Waals surface area contributed by atoms with E-state index in [1.165, 1.54) is 6.92 Å². The Labute approximate surface area is 115 Å². The quantitative estimate of drug-likeness (QED) is 0.787. The highest BCUT2D eigenvalue weighted by Crippen LogP contribution is 2.25. The van der Waals surface area contributed by atoms with Gasteiger partial charge in [0.15, 0.2) is 0 Å². The SMILES string of the molecule is Cc1nsc(NS(=O)(=O)CCOC(C)C)c1C(=O)O. The van der Waals surface area contributed by atoms with E-state index < -0.39 is 16.0 Å². The second-order valence-electron chi connectivity index (χ2n) is 4.12. The number of nitrogens with one attached hydrogen (secondary N) is 1. The van der Waals surface area contributed by atoms with Gasteiger partial charge in [-0.15, -0.1) is 0 Å². The van der Waals surface area contributed by atoms with E-state index in [9.17, 15) is 13.2 Å². The molecule has 0 atom stereocenters. The third-order valence-corrected chi connectivity index (χ3v) is 4.33. The second-order valence-corrected chi connectivity index (χ2v) is 6.73. The zero-order valence-corrected chi connectivity index (χ0v) is 12.5. The maximum Gasteiger partial charge on any atom is 0.340 e. The summed E-state index contributed by atoms with van der Waals surface area (Å²) in [6, 6.07) is 0. The molecular weight excluding hydrogens is 292 g/mol. The van der Waals surface area contributed by atoms with E-state index in [-0.39, 0.29) is 34.7 Å². The smallest absolute Gasteiger partial charge is 0.340 e. The summed E-state index contributed by atoms with van der Waals surface area (Å²) in [5.74, 6) is -1.44. The first-order valence-corrected chi connectivity index (χ1v) is 7.97. The number of aromatic nitrogens is 1. The average molecular weight is 308 g/mol. The molecule has 0 radical (unpaired) electrons. The molecule has 19 heavy (non-hydrogen) atoms. The average Bonchev–Trinajstić information content (AvgIpc) is 2.57. The van der Waals surface area contributed by atoms with Crippen molar-refractivity contribution in [3.63, 3.8) is 0 Å². The standard InChI is InChI=1S/C10H16N2O5S2/c1-6(2)17-4-5-19(15,16)12-9-8(10(13)14)7(3)11-18-9/h6,12H,4-5H2,1-3H3,(H,13,14). The monoisotopic (exact) mass is 308 g/mol. The minimum absolute atomic E-state index is 0.0227. The predicted octanol–water partition coefficient (Wildman–Crippen LogP) is 1.32. The van der Waals surface area contributed by atoms with Gasteiger partial charge in [0.05, 0.1) is 24.2 Å². The molecule has 0 aliphatic heterocycles. The van der Waals surface area contributed by atoms with E-state index in [1.807, 2.05) is 0 Å². The highest BCUT2D eigenvalue weighted by atomic mass is 32.2. The third-order valence-electron chi connectivity index (χ3n) is 2.13. The summed E-state index contributed by atoms with van der Waals surface area (Å²) in [7, 11) is -3.64. The van der Waals surface area contributed by atoms with Crippen LogP contribution in [0.3, 0.4) is 0 Å². The number of aromatic carboxylic acids is 1.